The molecule has 0 aromatic heterocycles. The van der Waals surface area contributed by atoms with Crippen molar-refractivity contribution < 1.29 is 9.84 Å². The van der Waals surface area contributed by atoms with Gasteiger partial charge in [-0.25, -0.2) is 0 Å². The molecule has 0 heterocycles. The van der Waals surface area contributed by atoms with Crippen molar-refractivity contribution >= 4 is 0 Å². The molecule has 0 radical (unpaired) electrons. The highest BCUT2D eigenvalue weighted by molar-refractivity contribution is 5.36. The maximum absolute atomic E-state index is 9.33. The minimum Gasteiger partial charge on any atom is -0.493 e. The summed E-state index contributed by atoms with van der Waals surface area (Å²) < 4.78 is 5.84. The van der Waals surface area contributed by atoms with Gasteiger partial charge in [0.05, 0.1) is 6.61 Å². The molecule has 1 atom stereocenters. The molecule has 0 amide bonds. The van der Waals surface area contributed by atoms with Crippen molar-refractivity contribution in [3.8, 4) is 5.75 Å². The summed E-state index contributed by atoms with van der Waals surface area (Å²) in [6.45, 7) is 11.7. The summed E-state index contributed by atoms with van der Waals surface area (Å²) in [6.07, 6.45) is 1.05. The zero-order valence-electron chi connectivity index (χ0n) is 12.9. The number of benzene rings is 1. The first-order valence-electron chi connectivity index (χ1n) is 7.29. The largest absolute Gasteiger partial charge is 0.493 e. The van der Waals surface area contributed by atoms with E-state index in [9.17, 15) is 5.11 Å². The first-order chi connectivity index (χ1) is 8.92. The lowest BCUT2D eigenvalue weighted by Gasteiger charge is -2.16. The first-order valence-corrected chi connectivity index (χ1v) is 7.29. The third-order valence-corrected chi connectivity index (χ3v) is 3.06. The SMILES string of the molecule is CC(C)COc1cc(CC(C)C)cc(C(C)CO)c1. The Morgan fingerprint density at radius 1 is 1.00 bits per heavy atom. The van der Waals surface area contributed by atoms with Crippen LogP contribution in [-0.4, -0.2) is 18.3 Å². The number of rotatable bonds is 7. The molecule has 1 unspecified atom stereocenters. The molecule has 0 aliphatic rings. The second-order valence-corrected chi connectivity index (χ2v) is 6.30. The molecule has 1 aromatic carbocycles. The van der Waals surface area contributed by atoms with Crippen LogP contribution in [-0.2, 0) is 6.42 Å². The minimum absolute atomic E-state index is 0.161. The number of aliphatic hydroxyl groups excluding tert-OH is 1. The van der Waals surface area contributed by atoms with Crippen LogP contribution in [0, 0.1) is 11.8 Å². The van der Waals surface area contributed by atoms with Gasteiger partial charge in [-0.1, -0.05) is 40.7 Å². The van der Waals surface area contributed by atoms with Crippen molar-refractivity contribution in [2.75, 3.05) is 13.2 Å². The maximum Gasteiger partial charge on any atom is 0.119 e. The molecule has 0 bridgehead atoms. The molecule has 0 aliphatic carbocycles. The lowest BCUT2D eigenvalue weighted by atomic mass is 9.95. The Morgan fingerprint density at radius 3 is 2.21 bits per heavy atom. The van der Waals surface area contributed by atoms with E-state index in [1.165, 1.54) is 11.1 Å². The Labute approximate surface area is 117 Å². The smallest absolute Gasteiger partial charge is 0.119 e. The van der Waals surface area contributed by atoms with Crippen molar-refractivity contribution in [2.24, 2.45) is 11.8 Å². The molecule has 19 heavy (non-hydrogen) atoms. The fourth-order valence-electron chi connectivity index (χ4n) is 2.01. The molecule has 0 spiro atoms. The van der Waals surface area contributed by atoms with E-state index in [1.807, 2.05) is 6.92 Å². The summed E-state index contributed by atoms with van der Waals surface area (Å²) in [5, 5.41) is 9.33. The third-order valence-electron chi connectivity index (χ3n) is 3.06. The summed E-state index contributed by atoms with van der Waals surface area (Å²) >= 11 is 0. The zero-order chi connectivity index (χ0) is 14.4. The Balaban J connectivity index is 2.94. The van der Waals surface area contributed by atoms with Gasteiger partial charge < -0.3 is 9.84 Å². The van der Waals surface area contributed by atoms with E-state index in [-0.39, 0.29) is 12.5 Å². The van der Waals surface area contributed by atoms with Crippen LogP contribution >= 0.6 is 0 Å². The van der Waals surface area contributed by atoms with Gasteiger partial charge in [0.15, 0.2) is 0 Å². The lowest BCUT2D eigenvalue weighted by Crippen LogP contribution is -2.07. The molecular formula is C17H28O2. The van der Waals surface area contributed by atoms with Gasteiger partial charge >= 0.3 is 0 Å². The predicted octanol–water partition coefficient (Wildman–Crippen LogP) is 4.02. The molecule has 1 N–H and O–H groups in total. The standard InChI is InChI=1S/C17H28O2/c1-12(2)6-15-7-16(14(5)10-18)9-17(8-15)19-11-13(3)4/h7-9,12-14,18H,6,10-11H2,1-5H3. The van der Waals surface area contributed by atoms with Gasteiger partial charge in [-0.05, 0) is 41.5 Å². The van der Waals surface area contributed by atoms with Crippen LogP contribution in [0.5, 0.6) is 5.75 Å². The molecule has 2 nitrogen and oxygen atoms in total. The first kappa shape index (κ1) is 16.0. The molecule has 2 heteroatoms. The van der Waals surface area contributed by atoms with Crippen LogP contribution in [0.1, 0.15) is 51.7 Å². The van der Waals surface area contributed by atoms with Gasteiger partial charge in [-0.3, -0.25) is 0 Å². The Bertz CT molecular complexity index is 383. The summed E-state index contributed by atoms with van der Waals surface area (Å²) in [5.74, 6) is 2.24. The van der Waals surface area contributed by atoms with Crippen LogP contribution in [0.2, 0.25) is 0 Å². The van der Waals surface area contributed by atoms with E-state index in [0.29, 0.717) is 11.8 Å². The topological polar surface area (TPSA) is 29.5 Å². The summed E-state index contributed by atoms with van der Waals surface area (Å²) in [5.41, 5.74) is 2.46. The molecule has 0 fully saturated rings. The lowest BCUT2D eigenvalue weighted by molar-refractivity contribution is 0.265. The number of hydrogen-bond acceptors (Lipinski definition) is 2. The fraction of sp³-hybridized carbons (Fsp3) is 0.647. The van der Waals surface area contributed by atoms with E-state index in [4.69, 9.17) is 4.74 Å². The Hall–Kier alpha value is -1.02. The highest BCUT2D eigenvalue weighted by Gasteiger charge is 2.09. The molecule has 1 rings (SSSR count). The molecule has 108 valence electrons. The molecule has 0 aliphatic heterocycles. The van der Waals surface area contributed by atoms with Gasteiger partial charge in [0.1, 0.15) is 5.75 Å². The highest BCUT2D eigenvalue weighted by Crippen LogP contribution is 2.25. The van der Waals surface area contributed by atoms with Gasteiger partial charge in [-0.2, -0.15) is 0 Å². The van der Waals surface area contributed by atoms with Crippen molar-refractivity contribution in [2.45, 2.75) is 47.0 Å². The van der Waals surface area contributed by atoms with Crippen LogP contribution in [0.15, 0.2) is 18.2 Å². The van der Waals surface area contributed by atoms with E-state index in [0.717, 1.165) is 18.8 Å². The summed E-state index contributed by atoms with van der Waals surface area (Å²) in [7, 11) is 0. The molecule has 0 saturated carbocycles. The quantitative estimate of drug-likeness (QED) is 0.806. The van der Waals surface area contributed by atoms with E-state index < -0.39 is 0 Å². The van der Waals surface area contributed by atoms with Crippen molar-refractivity contribution in [1.29, 1.82) is 0 Å². The van der Waals surface area contributed by atoms with Crippen LogP contribution < -0.4 is 4.74 Å². The van der Waals surface area contributed by atoms with Crippen LogP contribution in [0.4, 0.5) is 0 Å². The predicted molar refractivity (Wildman–Crippen MR) is 80.8 cm³/mol. The van der Waals surface area contributed by atoms with Crippen LogP contribution in [0.25, 0.3) is 0 Å². The Kier molecular flexibility index (Phi) is 6.36. The Morgan fingerprint density at radius 2 is 1.68 bits per heavy atom. The monoisotopic (exact) mass is 264 g/mol. The minimum atomic E-state index is 0.161. The number of aliphatic hydroxyl groups is 1. The molecular weight excluding hydrogens is 236 g/mol. The number of ether oxygens (including phenoxy) is 1. The summed E-state index contributed by atoms with van der Waals surface area (Å²) in [4.78, 5) is 0. The maximum atomic E-state index is 9.33. The third kappa shape index (κ3) is 5.65. The van der Waals surface area contributed by atoms with Crippen molar-refractivity contribution in [3.63, 3.8) is 0 Å². The van der Waals surface area contributed by atoms with E-state index in [2.05, 4.69) is 45.9 Å². The van der Waals surface area contributed by atoms with E-state index in [1.54, 1.807) is 0 Å². The average Bonchev–Trinajstić information content (AvgIpc) is 2.34. The average molecular weight is 264 g/mol. The second kappa shape index (κ2) is 7.54. The second-order valence-electron chi connectivity index (χ2n) is 6.30. The van der Waals surface area contributed by atoms with Crippen molar-refractivity contribution in [1.82, 2.24) is 0 Å². The zero-order valence-corrected chi connectivity index (χ0v) is 12.9. The fourth-order valence-corrected chi connectivity index (χ4v) is 2.01. The van der Waals surface area contributed by atoms with Gasteiger partial charge in [0.25, 0.3) is 0 Å². The van der Waals surface area contributed by atoms with Crippen LogP contribution in [0.3, 0.4) is 0 Å². The summed E-state index contributed by atoms with van der Waals surface area (Å²) in [6, 6.07) is 6.40. The van der Waals surface area contributed by atoms with E-state index >= 15 is 0 Å². The highest BCUT2D eigenvalue weighted by atomic mass is 16.5. The van der Waals surface area contributed by atoms with Crippen molar-refractivity contribution in [3.05, 3.63) is 29.3 Å². The number of hydrogen-bond donors (Lipinski definition) is 1. The van der Waals surface area contributed by atoms with Gasteiger partial charge in [0, 0.05) is 12.5 Å². The van der Waals surface area contributed by atoms with Gasteiger partial charge in [-0.15, -0.1) is 0 Å². The molecule has 0 saturated heterocycles. The van der Waals surface area contributed by atoms with Gasteiger partial charge in [0.2, 0.25) is 0 Å². The molecule has 1 aromatic rings. The normalized spacial score (nSPS) is 13.1.